The summed E-state index contributed by atoms with van der Waals surface area (Å²) in [5.74, 6) is -0.306. The van der Waals surface area contributed by atoms with Crippen LogP contribution in [0.1, 0.15) is 13.3 Å². The molecule has 0 aromatic heterocycles. The number of benzene rings is 1. The molecular formula is C15H22NO2+. The summed E-state index contributed by atoms with van der Waals surface area (Å²) in [6.07, 6.45) is 0.834. The predicted molar refractivity (Wildman–Crippen MR) is 75.3 cm³/mol. The zero-order chi connectivity index (χ0) is 13.6. The molecule has 0 aliphatic rings. The van der Waals surface area contributed by atoms with Crippen molar-refractivity contribution in [3.63, 3.8) is 0 Å². The molecule has 0 fully saturated rings. The van der Waals surface area contributed by atoms with Gasteiger partial charge in [0.15, 0.2) is 0 Å². The van der Waals surface area contributed by atoms with Crippen LogP contribution in [-0.4, -0.2) is 33.2 Å². The minimum Gasteiger partial charge on any atom is -0.462 e. The topological polar surface area (TPSA) is 26.3 Å². The van der Waals surface area contributed by atoms with Gasteiger partial charge in [-0.3, -0.25) is 4.48 Å². The van der Waals surface area contributed by atoms with Gasteiger partial charge in [0.25, 0.3) is 0 Å². The van der Waals surface area contributed by atoms with Crippen molar-refractivity contribution >= 4 is 11.7 Å². The number of hydrogen-bond donors (Lipinski definition) is 0. The van der Waals surface area contributed by atoms with Crippen molar-refractivity contribution in [1.82, 2.24) is 4.48 Å². The molecule has 0 aliphatic heterocycles. The number of esters is 1. The van der Waals surface area contributed by atoms with Gasteiger partial charge < -0.3 is 4.74 Å². The third-order valence-electron chi connectivity index (χ3n) is 2.90. The summed E-state index contributed by atoms with van der Waals surface area (Å²) >= 11 is 0. The van der Waals surface area contributed by atoms with Crippen LogP contribution in [0.3, 0.4) is 0 Å². The van der Waals surface area contributed by atoms with E-state index in [0.29, 0.717) is 12.2 Å². The normalized spacial score (nSPS) is 11.1. The Morgan fingerprint density at radius 1 is 1.28 bits per heavy atom. The summed E-state index contributed by atoms with van der Waals surface area (Å²) in [6.45, 7) is 6.58. The smallest absolute Gasteiger partial charge is 0.333 e. The largest absolute Gasteiger partial charge is 0.462 e. The number of nitrogens with zero attached hydrogens (tertiary/aromatic N) is 1. The van der Waals surface area contributed by atoms with Crippen molar-refractivity contribution in [2.75, 3.05) is 27.2 Å². The number of ether oxygens (including phenoxy) is 1. The van der Waals surface area contributed by atoms with Gasteiger partial charge in [0.05, 0.1) is 27.2 Å². The predicted octanol–water partition coefficient (Wildman–Crippen LogP) is 2.76. The van der Waals surface area contributed by atoms with Crippen molar-refractivity contribution in [3.8, 4) is 0 Å². The molecule has 0 saturated carbocycles. The van der Waals surface area contributed by atoms with Gasteiger partial charge in [-0.05, 0) is 19.1 Å². The number of quaternary nitrogens is 1. The monoisotopic (exact) mass is 248 g/mol. The highest BCUT2D eigenvalue weighted by Crippen LogP contribution is 2.18. The third kappa shape index (κ3) is 4.34. The molecule has 0 aliphatic carbocycles. The van der Waals surface area contributed by atoms with Gasteiger partial charge in [-0.2, -0.15) is 0 Å². The summed E-state index contributed by atoms with van der Waals surface area (Å²) < 4.78 is 5.87. The summed E-state index contributed by atoms with van der Waals surface area (Å²) in [6, 6.07) is 10.3. The maximum atomic E-state index is 11.2. The molecule has 0 radical (unpaired) electrons. The van der Waals surface area contributed by atoms with Gasteiger partial charge in [0.2, 0.25) is 0 Å². The molecule has 0 saturated heterocycles. The molecule has 0 spiro atoms. The first kappa shape index (κ1) is 14.5. The summed E-state index contributed by atoms with van der Waals surface area (Å²) in [5, 5.41) is 0. The van der Waals surface area contributed by atoms with Gasteiger partial charge in [0.1, 0.15) is 5.69 Å². The molecular weight excluding hydrogens is 226 g/mol. The standard InChI is InChI=1S/C15H22NO2/c1-13(2)15(17)18-12-8-11-16(3,4)14-9-6-5-7-10-14/h5-7,9-10H,1,8,11-12H2,2-4H3/q+1. The van der Waals surface area contributed by atoms with E-state index in [4.69, 9.17) is 4.74 Å². The molecule has 18 heavy (non-hydrogen) atoms. The Labute approximate surface area is 109 Å². The van der Waals surface area contributed by atoms with Gasteiger partial charge >= 0.3 is 5.97 Å². The lowest BCUT2D eigenvalue weighted by Gasteiger charge is -2.29. The second-order valence-electron chi connectivity index (χ2n) is 5.01. The summed E-state index contributed by atoms with van der Waals surface area (Å²) in [4.78, 5) is 11.2. The number of carbonyl (C=O) groups excluding carboxylic acids is 1. The molecule has 1 aromatic rings. The second kappa shape index (κ2) is 6.36. The maximum Gasteiger partial charge on any atom is 0.333 e. The van der Waals surface area contributed by atoms with Crippen LogP contribution >= 0.6 is 0 Å². The van der Waals surface area contributed by atoms with Crippen LogP contribution in [-0.2, 0) is 9.53 Å². The van der Waals surface area contributed by atoms with E-state index in [2.05, 4.69) is 32.8 Å². The lowest BCUT2D eigenvalue weighted by molar-refractivity contribution is -0.139. The van der Waals surface area contributed by atoms with E-state index in [1.165, 1.54) is 5.69 Å². The Balaban J connectivity index is 2.39. The molecule has 1 aromatic carbocycles. The van der Waals surface area contributed by atoms with Crippen molar-refractivity contribution in [2.24, 2.45) is 0 Å². The van der Waals surface area contributed by atoms with E-state index >= 15 is 0 Å². The molecule has 0 heterocycles. The molecule has 3 nitrogen and oxygen atoms in total. The molecule has 0 amide bonds. The molecule has 1 rings (SSSR count). The zero-order valence-electron chi connectivity index (χ0n) is 11.5. The highest BCUT2D eigenvalue weighted by molar-refractivity contribution is 5.86. The van der Waals surface area contributed by atoms with E-state index in [1.54, 1.807) is 6.92 Å². The molecule has 3 heteroatoms. The fourth-order valence-corrected chi connectivity index (χ4v) is 1.71. The lowest BCUT2D eigenvalue weighted by Crippen LogP contribution is -2.41. The van der Waals surface area contributed by atoms with Crippen LogP contribution in [0, 0.1) is 0 Å². The first-order chi connectivity index (χ1) is 8.43. The fraction of sp³-hybridized carbons (Fsp3) is 0.400. The van der Waals surface area contributed by atoms with Crippen molar-refractivity contribution < 1.29 is 9.53 Å². The first-order valence-corrected chi connectivity index (χ1v) is 6.15. The fourth-order valence-electron chi connectivity index (χ4n) is 1.71. The molecule has 0 N–H and O–H groups in total. The van der Waals surface area contributed by atoms with Crippen LogP contribution in [0.4, 0.5) is 5.69 Å². The van der Waals surface area contributed by atoms with E-state index < -0.39 is 0 Å². The Morgan fingerprint density at radius 3 is 2.44 bits per heavy atom. The highest BCUT2D eigenvalue weighted by Gasteiger charge is 2.17. The van der Waals surface area contributed by atoms with Gasteiger partial charge in [0, 0.05) is 12.0 Å². The average molecular weight is 248 g/mol. The van der Waals surface area contributed by atoms with Gasteiger partial charge in [-0.1, -0.05) is 24.8 Å². The van der Waals surface area contributed by atoms with Crippen LogP contribution in [0.15, 0.2) is 42.5 Å². The molecule has 0 bridgehead atoms. The second-order valence-corrected chi connectivity index (χ2v) is 5.01. The lowest BCUT2D eigenvalue weighted by atomic mass is 10.2. The van der Waals surface area contributed by atoms with E-state index in [9.17, 15) is 4.79 Å². The number of rotatable bonds is 6. The van der Waals surface area contributed by atoms with E-state index in [1.807, 2.05) is 18.2 Å². The van der Waals surface area contributed by atoms with Crippen LogP contribution in [0.2, 0.25) is 0 Å². The SMILES string of the molecule is C=C(C)C(=O)OCCC[N+](C)(C)c1ccccc1. The first-order valence-electron chi connectivity index (χ1n) is 6.15. The van der Waals surface area contributed by atoms with E-state index in [0.717, 1.165) is 17.4 Å². The minimum atomic E-state index is -0.306. The molecule has 0 unspecified atom stereocenters. The Bertz CT molecular complexity index is 410. The summed E-state index contributed by atoms with van der Waals surface area (Å²) in [5.41, 5.74) is 1.70. The van der Waals surface area contributed by atoms with Gasteiger partial charge in [-0.25, -0.2) is 4.79 Å². The average Bonchev–Trinajstić information content (AvgIpc) is 2.35. The zero-order valence-corrected chi connectivity index (χ0v) is 11.5. The third-order valence-corrected chi connectivity index (χ3v) is 2.90. The Hall–Kier alpha value is -1.61. The number of hydrogen-bond acceptors (Lipinski definition) is 2. The van der Waals surface area contributed by atoms with Crippen LogP contribution in [0.5, 0.6) is 0 Å². The van der Waals surface area contributed by atoms with Gasteiger partial charge in [-0.15, -0.1) is 0 Å². The van der Waals surface area contributed by atoms with Crippen LogP contribution < -0.4 is 4.48 Å². The highest BCUT2D eigenvalue weighted by atomic mass is 16.5. The Morgan fingerprint density at radius 2 is 1.89 bits per heavy atom. The van der Waals surface area contributed by atoms with Crippen LogP contribution in [0.25, 0.3) is 0 Å². The molecule has 0 atom stereocenters. The minimum absolute atomic E-state index is 0.306. The van der Waals surface area contributed by atoms with Crippen molar-refractivity contribution in [1.29, 1.82) is 0 Å². The molecule has 98 valence electrons. The Kier molecular flexibility index (Phi) is 5.10. The number of para-hydroxylation sites is 1. The van der Waals surface area contributed by atoms with E-state index in [-0.39, 0.29) is 5.97 Å². The van der Waals surface area contributed by atoms with Crippen molar-refractivity contribution in [3.05, 3.63) is 42.5 Å². The van der Waals surface area contributed by atoms with Crippen molar-refractivity contribution in [2.45, 2.75) is 13.3 Å². The maximum absolute atomic E-state index is 11.2. The number of carbonyl (C=O) groups is 1. The quantitative estimate of drug-likeness (QED) is 0.335. The summed E-state index contributed by atoms with van der Waals surface area (Å²) in [7, 11) is 4.30.